The molecule has 2 aromatic rings. The Morgan fingerprint density at radius 2 is 1.77 bits per heavy atom. The van der Waals surface area contributed by atoms with Gasteiger partial charge in [0.2, 0.25) is 0 Å². The van der Waals surface area contributed by atoms with Gasteiger partial charge in [-0.25, -0.2) is 0 Å². The van der Waals surface area contributed by atoms with Gasteiger partial charge < -0.3 is 15.0 Å². The first kappa shape index (κ1) is 16.1. The number of nitrogens with two attached hydrogens (primary N) is 1. The summed E-state index contributed by atoms with van der Waals surface area (Å²) in [7, 11) is 0. The first-order chi connectivity index (χ1) is 10.4. The predicted octanol–water partition coefficient (Wildman–Crippen LogP) is 3.54. The van der Waals surface area contributed by atoms with Crippen LogP contribution in [0, 0.1) is 5.92 Å². The zero-order valence-electron chi connectivity index (χ0n) is 13.7. The van der Waals surface area contributed by atoms with Crippen LogP contribution < -0.4 is 16.0 Å². The first-order valence-electron chi connectivity index (χ1n) is 7.65. The molecular weight excluding hydrogens is 276 g/mol. The van der Waals surface area contributed by atoms with E-state index >= 15 is 0 Å². The zero-order chi connectivity index (χ0) is 16.3. The highest BCUT2D eigenvalue weighted by atomic mass is 16.5. The molecule has 118 valence electrons. The SMILES string of the molecule is CC(C)Cn1c(-c2ccccc2OC(C)C)ccc(N)c1=O. The largest absolute Gasteiger partial charge is 0.490 e. The minimum absolute atomic E-state index is 0.0696. The molecule has 0 aliphatic heterocycles. The van der Waals surface area contributed by atoms with Gasteiger partial charge in [-0.15, -0.1) is 0 Å². The highest BCUT2D eigenvalue weighted by molar-refractivity contribution is 5.68. The third-order valence-corrected chi connectivity index (χ3v) is 3.28. The number of anilines is 1. The summed E-state index contributed by atoms with van der Waals surface area (Å²) in [5.74, 6) is 1.12. The van der Waals surface area contributed by atoms with Crippen molar-refractivity contribution in [3.8, 4) is 17.0 Å². The van der Waals surface area contributed by atoms with E-state index in [1.165, 1.54) is 0 Å². The van der Waals surface area contributed by atoms with Crippen molar-refractivity contribution < 1.29 is 4.74 Å². The van der Waals surface area contributed by atoms with Gasteiger partial charge in [-0.2, -0.15) is 0 Å². The average Bonchev–Trinajstić information content (AvgIpc) is 2.44. The zero-order valence-corrected chi connectivity index (χ0v) is 13.7. The molecule has 0 saturated heterocycles. The van der Waals surface area contributed by atoms with Gasteiger partial charge in [0.15, 0.2) is 0 Å². The summed E-state index contributed by atoms with van der Waals surface area (Å²) < 4.78 is 7.62. The Morgan fingerprint density at radius 1 is 1.09 bits per heavy atom. The van der Waals surface area contributed by atoms with Gasteiger partial charge in [-0.05, 0) is 44.0 Å². The van der Waals surface area contributed by atoms with Crippen LogP contribution in [0.5, 0.6) is 5.75 Å². The number of aromatic nitrogens is 1. The number of ether oxygens (including phenoxy) is 1. The van der Waals surface area contributed by atoms with Crippen molar-refractivity contribution in [2.75, 3.05) is 5.73 Å². The van der Waals surface area contributed by atoms with Gasteiger partial charge >= 0.3 is 0 Å². The molecule has 0 aliphatic carbocycles. The number of hydrogen-bond acceptors (Lipinski definition) is 3. The molecule has 2 N–H and O–H groups in total. The molecule has 1 aromatic heterocycles. The van der Waals surface area contributed by atoms with Gasteiger partial charge in [0, 0.05) is 12.1 Å². The third-order valence-electron chi connectivity index (χ3n) is 3.28. The van der Waals surface area contributed by atoms with Crippen LogP contribution in [0.15, 0.2) is 41.2 Å². The lowest BCUT2D eigenvalue weighted by Crippen LogP contribution is -2.26. The third kappa shape index (κ3) is 3.50. The van der Waals surface area contributed by atoms with E-state index < -0.39 is 0 Å². The molecule has 4 heteroatoms. The number of para-hydroxylation sites is 1. The summed E-state index contributed by atoms with van der Waals surface area (Å²) in [6, 6.07) is 11.3. The molecule has 0 unspecified atom stereocenters. The Bertz CT molecular complexity index is 702. The van der Waals surface area contributed by atoms with Gasteiger partial charge in [0.25, 0.3) is 5.56 Å². The molecule has 0 atom stereocenters. The summed E-state index contributed by atoms with van der Waals surface area (Å²) in [6.45, 7) is 8.75. The van der Waals surface area contributed by atoms with Crippen LogP contribution in [0.25, 0.3) is 11.3 Å². The fourth-order valence-corrected chi connectivity index (χ4v) is 2.41. The van der Waals surface area contributed by atoms with Crippen LogP contribution in [0.3, 0.4) is 0 Å². The lowest BCUT2D eigenvalue weighted by atomic mass is 10.1. The molecule has 0 bridgehead atoms. The molecule has 0 saturated carbocycles. The standard InChI is InChI=1S/C18H24N2O2/c1-12(2)11-20-16(10-9-15(19)18(20)21)14-7-5-6-8-17(14)22-13(3)4/h5-10,12-13H,11,19H2,1-4H3. The first-order valence-corrected chi connectivity index (χ1v) is 7.65. The van der Waals surface area contributed by atoms with Crippen LogP contribution in [0.1, 0.15) is 27.7 Å². The van der Waals surface area contributed by atoms with Crippen LogP contribution in [0.4, 0.5) is 5.69 Å². The Hall–Kier alpha value is -2.23. The van der Waals surface area contributed by atoms with E-state index in [-0.39, 0.29) is 17.4 Å². The maximum Gasteiger partial charge on any atom is 0.274 e. The van der Waals surface area contributed by atoms with E-state index in [9.17, 15) is 4.79 Å². The van der Waals surface area contributed by atoms with Crippen molar-refractivity contribution in [3.05, 3.63) is 46.8 Å². The molecule has 4 nitrogen and oxygen atoms in total. The molecule has 0 fully saturated rings. The summed E-state index contributed by atoms with van der Waals surface area (Å²) in [5, 5.41) is 0. The van der Waals surface area contributed by atoms with Crippen LogP contribution in [-0.2, 0) is 6.54 Å². The molecule has 0 spiro atoms. The number of pyridine rings is 1. The Balaban J connectivity index is 2.62. The monoisotopic (exact) mass is 300 g/mol. The van der Waals surface area contributed by atoms with Gasteiger partial charge in [0.1, 0.15) is 5.75 Å². The van der Waals surface area contributed by atoms with E-state index in [1.807, 2.05) is 44.2 Å². The summed E-state index contributed by atoms with van der Waals surface area (Å²) in [4.78, 5) is 12.4. The van der Waals surface area contributed by atoms with E-state index in [0.717, 1.165) is 17.0 Å². The van der Waals surface area contributed by atoms with Crippen LogP contribution >= 0.6 is 0 Å². The number of nitrogen functional groups attached to an aromatic ring is 1. The van der Waals surface area contributed by atoms with E-state index in [2.05, 4.69) is 13.8 Å². The summed E-state index contributed by atoms with van der Waals surface area (Å²) >= 11 is 0. The van der Waals surface area contributed by atoms with Gasteiger partial charge in [-0.3, -0.25) is 4.79 Å². The topological polar surface area (TPSA) is 57.2 Å². The lowest BCUT2D eigenvalue weighted by Gasteiger charge is -2.19. The number of rotatable bonds is 5. The lowest BCUT2D eigenvalue weighted by molar-refractivity contribution is 0.243. The molecule has 1 aromatic carbocycles. The maximum atomic E-state index is 12.4. The smallest absolute Gasteiger partial charge is 0.274 e. The van der Waals surface area contributed by atoms with E-state index in [0.29, 0.717) is 12.5 Å². The molecule has 2 rings (SSSR count). The fraction of sp³-hybridized carbons (Fsp3) is 0.389. The van der Waals surface area contributed by atoms with Crippen molar-refractivity contribution in [2.45, 2.75) is 40.3 Å². The Kier molecular flexibility index (Phi) is 4.91. The molecule has 22 heavy (non-hydrogen) atoms. The van der Waals surface area contributed by atoms with Gasteiger partial charge in [-0.1, -0.05) is 26.0 Å². The molecule has 0 amide bonds. The van der Waals surface area contributed by atoms with Crippen molar-refractivity contribution in [3.63, 3.8) is 0 Å². The van der Waals surface area contributed by atoms with Crippen molar-refractivity contribution in [2.24, 2.45) is 5.92 Å². The normalized spacial score (nSPS) is 11.2. The number of hydrogen-bond donors (Lipinski definition) is 1. The van der Waals surface area contributed by atoms with Gasteiger partial charge in [0.05, 0.1) is 17.5 Å². The van der Waals surface area contributed by atoms with Crippen molar-refractivity contribution >= 4 is 5.69 Å². The quantitative estimate of drug-likeness (QED) is 0.919. The average molecular weight is 300 g/mol. The van der Waals surface area contributed by atoms with Crippen molar-refractivity contribution in [1.29, 1.82) is 0 Å². The second-order valence-electron chi connectivity index (χ2n) is 6.15. The number of benzene rings is 1. The second kappa shape index (κ2) is 6.69. The maximum absolute atomic E-state index is 12.4. The number of nitrogens with zero attached hydrogens (tertiary/aromatic N) is 1. The van der Waals surface area contributed by atoms with Crippen LogP contribution in [0.2, 0.25) is 0 Å². The molecule has 0 radical (unpaired) electrons. The predicted molar refractivity (Wildman–Crippen MR) is 91.2 cm³/mol. The minimum atomic E-state index is -0.148. The fourth-order valence-electron chi connectivity index (χ4n) is 2.41. The highest BCUT2D eigenvalue weighted by Crippen LogP contribution is 2.30. The van der Waals surface area contributed by atoms with E-state index in [4.69, 9.17) is 10.5 Å². The van der Waals surface area contributed by atoms with Crippen LogP contribution in [-0.4, -0.2) is 10.7 Å². The summed E-state index contributed by atoms with van der Waals surface area (Å²) in [6.07, 6.45) is 0.0696. The molecule has 0 aliphatic rings. The molecule has 1 heterocycles. The Morgan fingerprint density at radius 3 is 2.41 bits per heavy atom. The Labute approximate surface area is 131 Å². The summed E-state index contributed by atoms with van der Waals surface area (Å²) in [5.41, 5.74) is 7.67. The highest BCUT2D eigenvalue weighted by Gasteiger charge is 2.14. The second-order valence-corrected chi connectivity index (χ2v) is 6.15. The minimum Gasteiger partial charge on any atom is -0.490 e. The van der Waals surface area contributed by atoms with Crippen molar-refractivity contribution in [1.82, 2.24) is 4.57 Å². The molecular formula is C18H24N2O2. The van der Waals surface area contributed by atoms with E-state index in [1.54, 1.807) is 10.6 Å².